The van der Waals surface area contributed by atoms with Gasteiger partial charge in [0.2, 0.25) is 0 Å². The van der Waals surface area contributed by atoms with E-state index in [0.29, 0.717) is 5.82 Å². The molecule has 6 aromatic rings. The number of aromatic amines is 1. The summed E-state index contributed by atoms with van der Waals surface area (Å²) in [6, 6.07) is 37.8. The van der Waals surface area contributed by atoms with Crippen LogP contribution in [0.4, 0.5) is 5.82 Å². The number of H-pyrrole nitrogens is 1. The van der Waals surface area contributed by atoms with Crippen molar-refractivity contribution in [1.29, 1.82) is 0 Å². The van der Waals surface area contributed by atoms with Crippen molar-refractivity contribution >= 4 is 27.6 Å². The zero-order chi connectivity index (χ0) is 22.7. The van der Waals surface area contributed by atoms with Crippen LogP contribution in [-0.2, 0) is 0 Å². The number of aromatic nitrogens is 3. The van der Waals surface area contributed by atoms with Crippen LogP contribution in [0.25, 0.3) is 33.2 Å². The third kappa shape index (κ3) is 3.90. The molecule has 0 radical (unpaired) electrons. The first-order valence-corrected chi connectivity index (χ1v) is 11.5. The molecule has 34 heavy (non-hydrogen) atoms. The molecule has 0 spiro atoms. The molecule has 4 nitrogen and oxygen atoms in total. The van der Waals surface area contributed by atoms with Crippen molar-refractivity contribution in [1.82, 2.24) is 15.0 Å². The Morgan fingerprint density at radius 1 is 0.706 bits per heavy atom. The van der Waals surface area contributed by atoms with Crippen LogP contribution in [0.3, 0.4) is 0 Å². The maximum atomic E-state index is 4.99. The number of nitrogens with one attached hydrogen (secondary N) is 2. The Labute approximate surface area is 198 Å². The molecule has 164 valence electrons. The highest BCUT2D eigenvalue weighted by molar-refractivity contribution is 5.91. The largest absolute Gasteiger partial charge is 0.368 e. The second-order valence-corrected chi connectivity index (χ2v) is 8.45. The van der Waals surface area contributed by atoms with Crippen molar-refractivity contribution in [3.63, 3.8) is 0 Å². The lowest BCUT2D eigenvalue weighted by Crippen LogP contribution is -2.15. The highest BCUT2D eigenvalue weighted by Gasteiger charge is 2.16. The number of anilines is 1. The van der Waals surface area contributed by atoms with Crippen LogP contribution in [-0.4, -0.2) is 21.5 Å². The van der Waals surface area contributed by atoms with E-state index in [0.717, 1.165) is 34.3 Å². The van der Waals surface area contributed by atoms with Gasteiger partial charge in [-0.1, -0.05) is 84.9 Å². The van der Waals surface area contributed by atoms with Crippen molar-refractivity contribution in [3.8, 4) is 11.4 Å². The van der Waals surface area contributed by atoms with E-state index in [2.05, 4.69) is 101 Å². The van der Waals surface area contributed by atoms with E-state index in [9.17, 15) is 0 Å². The zero-order valence-corrected chi connectivity index (χ0v) is 18.6. The topological polar surface area (TPSA) is 53.6 Å². The van der Waals surface area contributed by atoms with Crippen molar-refractivity contribution in [2.24, 2.45) is 0 Å². The van der Waals surface area contributed by atoms with E-state index in [1.807, 2.05) is 24.4 Å². The minimum atomic E-state index is 0.204. The van der Waals surface area contributed by atoms with Crippen molar-refractivity contribution in [3.05, 3.63) is 127 Å². The summed E-state index contributed by atoms with van der Waals surface area (Å²) < 4.78 is 0. The van der Waals surface area contributed by atoms with E-state index in [1.54, 1.807) is 0 Å². The minimum Gasteiger partial charge on any atom is -0.368 e. The Bertz CT molecular complexity index is 1520. The smallest absolute Gasteiger partial charge is 0.162 e. The SMILES string of the molecule is c1ccc(C(CNc2nc(-c3ccc4cc[nH]c4c3)nc3ccccc23)c2ccccc2)cc1. The maximum absolute atomic E-state index is 4.99. The van der Waals surface area contributed by atoms with Gasteiger partial charge in [0.15, 0.2) is 5.82 Å². The monoisotopic (exact) mass is 440 g/mol. The first kappa shape index (κ1) is 20.2. The summed E-state index contributed by atoms with van der Waals surface area (Å²) in [6.45, 7) is 0.726. The molecule has 0 aliphatic heterocycles. The molecule has 0 saturated carbocycles. The average Bonchev–Trinajstić information content (AvgIpc) is 3.38. The molecule has 2 aromatic heterocycles. The number of nitrogens with zero attached hydrogens (tertiary/aromatic N) is 2. The third-order valence-electron chi connectivity index (χ3n) is 6.29. The summed E-state index contributed by atoms with van der Waals surface area (Å²) in [5.74, 6) is 1.77. The molecule has 0 aliphatic rings. The van der Waals surface area contributed by atoms with Gasteiger partial charge in [-0.2, -0.15) is 0 Å². The lowest BCUT2D eigenvalue weighted by Gasteiger charge is -2.20. The zero-order valence-electron chi connectivity index (χ0n) is 18.6. The van der Waals surface area contributed by atoms with Crippen LogP contribution in [0.2, 0.25) is 0 Å². The minimum absolute atomic E-state index is 0.204. The fourth-order valence-electron chi connectivity index (χ4n) is 4.52. The van der Waals surface area contributed by atoms with E-state index < -0.39 is 0 Å². The summed E-state index contributed by atoms with van der Waals surface area (Å²) in [7, 11) is 0. The first-order chi connectivity index (χ1) is 16.8. The number of benzene rings is 4. The molecule has 4 aromatic carbocycles. The average molecular weight is 441 g/mol. The highest BCUT2D eigenvalue weighted by Crippen LogP contribution is 2.29. The van der Waals surface area contributed by atoms with Gasteiger partial charge in [-0.3, -0.25) is 0 Å². The quantitative estimate of drug-likeness (QED) is 0.292. The molecule has 0 bridgehead atoms. The van der Waals surface area contributed by atoms with E-state index >= 15 is 0 Å². The second kappa shape index (κ2) is 8.83. The van der Waals surface area contributed by atoms with Crippen LogP contribution < -0.4 is 5.32 Å². The number of rotatable bonds is 6. The number of hydrogen-bond acceptors (Lipinski definition) is 3. The van der Waals surface area contributed by atoms with Gasteiger partial charge in [-0.25, -0.2) is 9.97 Å². The predicted molar refractivity (Wildman–Crippen MR) is 140 cm³/mol. The summed E-state index contributed by atoms with van der Waals surface area (Å²) in [4.78, 5) is 13.1. The van der Waals surface area contributed by atoms with Crippen LogP contribution >= 0.6 is 0 Å². The Kier molecular flexibility index (Phi) is 5.24. The molecule has 0 unspecified atom stereocenters. The molecule has 4 heteroatoms. The molecule has 2 N–H and O–H groups in total. The number of hydrogen-bond donors (Lipinski definition) is 2. The molecule has 0 amide bonds. The first-order valence-electron chi connectivity index (χ1n) is 11.5. The molecule has 0 aliphatic carbocycles. The van der Waals surface area contributed by atoms with Gasteiger partial charge in [0.25, 0.3) is 0 Å². The molecular weight excluding hydrogens is 416 g/mol. The Balaban J connectivity index is 1.40. The van der Waals surface area contributed by atoms with Gasteiger partial charge in [-0.05, 0) is 40.8 Å². The fourth-order valence-corrected chi connectivity index (χ4v) is 4.52. The Morgan fingerprint density at radius 3 is 2.18 bits per heavy atom. The normalized spacial score (nSPS) is 11.3. The van der Waals surface area contributed by atoms with Crippen LogP contribution in [0.15, 0.2) is 115 Å². The molecule has 0 atom stereocenters. The van der Waals surface area contributed by atoms with Gasteiger partial charge in [0, 0.05) is 35.1 Å². The maximum Gasteiger partial charge on any atom is 0.162 e. The van der Waals surface area contributed by atoms with E-state index in [4.69, 9.17) is 9.97 Å². The Morgan fingerprint density at radius 2 is 1.41 bits per heavy atom. The molecule has 0 fully saturated rings. The summed E-state index contributed by atoms with van der Waals surface area (Å²) in [5.41, 5.74) is 5.55. The Hall–Kier alpha value is -4.44. The fraction of sp³-hybridized carbons (Fsp3) is 0.0667. The summed E-state index contributed by atoms with van der Waals surface area (Å²) >= 11 is 0. The summed E-state index contributed by atoms with van der Waals surface area (Å²) in [6.07, 6.45) is 1.95. The van der Waals surface area contributed by atoms with Gasteiger partial charge >= 0.3 is 0 Å². The summed E-state index contributed by atoms with van der Waals surface area (Å²) in [5, 5.41) is 5.87. The molecule has 0 saturated heterocycles. The van der Waals surface area contributed by atoms with Gasteiger partial charge in [0.05, 0.1) is 5.52 Å². The van der Waals surface area contributed by atoms with Crippen LogP contribution in [0.5, 0.6) is 0 Å². The number of para-hydroxylation sites is 1. The number of fused-ring (bicyclic) bond motifs is 2. The van der Waals surface area contributed by atoms with E-state index in [-0.39, 0.29) is 5.92 Å². The molecule has 2 heterocycles. The lowest BCUT2D eigenvalue weighted by molar-refractivity contribution is 0.849. The van der Waals surface area contributed by atoms with Crippen molar-refractivity contribution in [2.45, 2.75) is 5.92 Å². The predicted octanol–water partition coefficient (Wildman–Crippen LogP) is 7.02. The standard InChI is InChI=1S/C30H24N4/c1-3-9-21(10-4-1)26(22-11-5-2-6-12-22)20-32-30-25-13-7-8-14-27(25)33-29(34-30)24-16-15-23-17-18-31-28(23)19-24/h1-19,26,31H,20H2,(H,32,33,34). The van der Waals surface area contributed by atoms with Gasteiger partial charge < -0.3 is 10.3 Å². The molecular formula is C30H24N4. The third-order valence-corrected chi connectivity index (χ3v) is 6.29. The van der Waals surface area contributed by atoms with Crippen molar-refractivity contribution in [2.75, 3.05) is 11.9 Å². The van der Waals surface area contributed by atoms with Gasteiger partial charge in [0.1, 0.15) is 5.82 Å². The highest BCUT2D eigenvalue weighted by atomic mass is 15.0. The molecule has 6 rings (SSSR count). The second-order valence-electron chi connectivity index (χ2n) is 8.45. The van der Waals surface area contributed by atoms with Crippen LogP contribution in [0, 0.1) is 0 Å². The van der Waals surface area contributed by atoms with E-state index in [1.165, 1.54) is 16.5 Å². The van der Waals surface area contributed by atoms with Crippen molar-refractivity contribution < 1.29 is 0 Å². The van der Waals surface area contributed by atoms with Crippen LogP contribution in [0.1, 0.15) is 17.0 Å². The lowest BCUT2D eigenvalue weighted by atomic mass is 9.91. The van der Waals surface area contributed by atoms with Gasteiger partial charge in [-0.15, -0.1) is 0 Å².